The van der Waals surface area contributed by atoms with E-state index in [1.54, 1.807) is 32.0 Å². The summed E-state index contributed by atoms with van der Waals surface area (Å²) >= 11 is 0. The van der Waals surface area contributed by atoms with Crippen LogP contribution < -0.4 is 15.6 Å². The average molecular weight is 470 g/mol. The molecule has 0 aliphatic carbocycles. The number of nitrogens with one attached hydrogen (secondary N) is 2. The van der Waals surface area contributed by atoms with Gasteiger partial charge in [0.05, 0.1) is 10.5 Å². The lowest BCUT2D eigenvalue weighted by Gasteiger charge is -2.19. The van der Waals surface area contributed by atoms with E-state index in [0.717, 1.165) is 11.6 Å². The van der Waals surface area contributed by atoms with Crippen molar-refractivity contribution in [3.05, 3.63) is 63.9 Å². The Morgan fingerprint density at radius 2 is 1.79 bits per heavy atom. The van der Waals surface area contributed by atoms with Crippen molar-refractivity contribution in [1.82, 2.24) is 9.29 Å². The zero-order valence-corrected chi connectivity index (χ0v) is 19.0. The lowest BCUT2D eigenvalue weighted by atomic mass is 10.0. The summed E-state index contributed by atoms with van der Waals surface area (Å²) < 4.78 is 32.7. The first-order valence-corrected chi connectivity index (χ1v) is 12.0. The molecule has 0 atom stereocenters. The van der Waals surface area contributed by atoms with Crippen LogP contribution >= 0.6 is 0 Å². The monoisotopic (exact) mass is 469 g/mol. The molecule has 2 N–H and O–H groups in total. The number of sulfonamides is 1. The highest BCUT2D eigenvalue weighted by Gasteiger charge is 2.24. The number of aryl methyl sites for hydroxylation is 1. The number of carbonyl (C=O) groups excluding carboxylic acids is 2. The maximum absolute atomic E-state index is 13.0. The Kier molecular flexibility index (Phi) is 6.05. The van der Waals surface area contributed by atoms with Crippen LogP contribution in [0.5, 0.6) is 5.75 Å². The van der Waals surface area contributed by atoms with Crippen molar-refractivity contribution >= 4 is 38.5 Å². The molecular formula is C23H23N3O6S. The van der Waals surface area contributed by atoms with Gasteiger partial charge in [0.15, 0.2) is 0 Å². The minimum atomic E-state index is -3.76. The normalized spacial score (nSPS) is 13.6. The van der Waals surface area contributed by atoms with E-state index in [0.29, 0.717) is 37.1 Å². The molecule has 2 heterocycles. The molecule has 0 fully saturated rings. The summed E-state index contributed by atoms with van der Waals surface area (Å²) in [7, 11) is -3.76. The molecule has 1 aliphatic heterocycles. The number of H-pyrrole nitrogens is 1. The molecule has 172 valence electrons. The first kappa shape index (κ1) is 22.7. The summed E-state index contributed by atoms with van der Waals surface area (Å²) in [4.78, 5) is 39.3. The van der Waals surface area contributed by atoms with Crippen LogP contribution in [0.1, 0.15) is 36.2 Å². The van der Waals surface area contributed by atoms with Crippen molar-refractivity contribution < 1.29 is 22.7 Å². The molecule has 1 aromatic heterocycles. The predicted molar refractivity (Wildman–Crippen MR) is 123 cm³/mol. The van der Waals surface area contributed by atoms with E-state index < -0.39 is 21.6 Å². The highest BCUT2D eigenvalue weighted by Crippen LogP contribution is 2.28. The second-order valence-electron chi connectivity index (χ2n) is 7.60. The van der Waals surface area contributed by atoms with Crippen LogP contribution in [0.15, 0.2) is 52.2 Å². The zero-order valence-electron chi connectivity index (χ0n) is 18.2. The van der Waals surface area contributed by atoms with Crippen molar-refractivity contribution in [1.29, 1.82) is 0 Å². The van der Waals surface area contributed by atoms with Crippen LogP contribution in [0.4, 0.5) is 5.69 Å². The molecule has 0 spiro atoms. The largest absolute Gasteiger partial charge is 0.423 e. The van der Waals surface area contributed by atoms with E-state index >= 15 is 0 Å². The number of aromatic nitrogens is 1. The summed E-state index contributed by atoms with van der Waals surface area (Å²) in [5, 5.41) is 3.02. The molecule has 9 nitrogen and oxygen atoms in total. The third-order valence-electron chi connectivity index (χ3n) is 5.56. The lowest BCUT2D eigenvalue weighted by molar-refractivity contribution is -0.116. The van der Waals surface area contributed by atoms with Gasteiger partial charge in [-0.1, -0.05) is 13.8 Å². The summed E-state index contributed by atoms with van der Waals surface area (Å²) in [6, 6.07) is 10.2. The quantitative estimate of drug-likeness (QED) is 0.422. The number of anilines is 1. The number of rotatable bonds is 6. The Hall–Kier alpha value is -3.50. The van der Waals surface area contributed by atoms with Gasteiger partial charge in [-0.05, 0) is 48.4 Å². The number of hydrogen-bond donors (Lipinski definition) is 2. The van der Waals surface area contributed by atoms with Gasteiger partial charge in [-0.3, -0.25) is 9.59 Å². The number of benzene rings is 2. The number of aromatic amines is 1. The van der Waals surface area contributed by atoms with Crippen LogP contribution in [0.2, 0.25) is 0 Å². The number of esters is 1. The summed E-state index contributed by atoms with van der Waals surface area (Å²) in [6.07, 6.45) is 0.861. The highest BCUT2D eigenvalue weighted by molar-refractivity contribution is 7.89. The van der Waals surface area contributed by atoms with Crippen molar-refractivity contribution in [3.63, 3.8) is 0 Å². The Balaban J connectivity index is 1.73. The van der Waals surface area contributed by atoms with Crippen molar-refractivity contribution in [3.8, 4) is 5.75 Å². The van der Waals surface area contributed by atoms with Gasteiger partial charge in [-0.15, -0.1) is 0 Å². The fraction of sp³-hybridized carbons (Fsp3) is 0.261. The summed E-state index contributed by atoms with van der Waals surface area (Å²) in [6.45, 7) is 4.09. The number of nitrogens with zero attached hydrogens (tertiary/aromatic N) is 1. The maximum atomic E-state index is 13.0. The topological polar surface area (TPSA) is 126 Å². The van der Waals surface area contributed by atoms with Crippen molar-refractivity contribution in [2.75, 3.05) is 18.4 Å². The molecule has 3 aromatic rings. The van der Waals surface area contributed by atoms with Crippen molar-refractivity contribution in [2.45, 2.75) is 31.6 Å². The second kappa shape index (κ2) is 8.80. The van der Waals surface area contributed by atoms with Crippen LogP contribution in [-0.2, 0) is 21.2 Å². The fourth-order valence-electron chi connectivity index (χ4n) is 3.86. The molecule has 10 heteroatoms. The van der Waals surface area contributed by atoms with Crippen LogP contribution in [0, 0.1) is 0 Å². The molecular weight excluding hydrogens is 446 g/mol. The predicted octanol–water partition coefficient (Wildman–Crippen LogP) is 2.66. The molecule has 1 amide bonds. The molecule has 2 aromatic carbocycles. The van der Waals surface area contributed by atoms with Gasteiger partial charge in [0.1, 0.15) is 5.75 Å². The van der Waals surface area contributed by atoms with Gasteiger partial charge >= 0.3 is 5.97 Å². The number of ether oxygens (including phenoxy) is 1. The van der Waals surface area contributed by atoms with E-state index in [4.69, 9.17) is 4.74 Å². The van der Waals surface area contributed by atoms with Gasteiger partial charge in [-0.25, -0.2) is 13.2 Å². The lowest BCUT2D eigenvalue weighted by Crippen LogP contribution is -2.30. The Bertz CT molecular complexity index is 1420. The first-order valence-electron chi connectivity index (χ1n) is 10.5. The minimum Gasteiger partial charge on any atom is -0.423 e. The molecule has 0 saturated heterocycles. The van der Waals surface area contributed by atoms with Crippen molar-refractivity contribution in [2.24, 2.45) is 0 Å². The standard InChI is InChI=1S/C23H23N3O6S/c1-3-26(4-2)33(30,31)16-7-9-20-17(12-16)18(13-22(28)25-20)23(29)32-15-6-8-19-14(11-15)5-10-21(27)24-19/h6-9,11-13H,3-5,10H2,1-2H3,(H,24,27)(H,25,28). The third kappa shape index (κ3) is 4.39. The number of amides is 1. The third-order valence-corrected chi connectivity index (χ3v) is 7.61. The Morgan fingerprint density at radius 1 is 1.03 bits per heavy atom. The SMILES string of the molecule is CCN(CC)S(=O)(=O)c1ccc2[nH]c(=O)cc(C(=O)Oc3ccc4c(c3)CCC(=O)N4)c2c1. The van der Waals surface area contributed by atoms with Crippen LogP contribution in [0.3, 0.4) is 0 Å². The summed E-state index contributed by atoms with van der Waals surface area (Å²) in [5.74, 6) is -0.601. The number of fused-ring (bicyclic) bond motifs is 2. The second-order valence-corrected chi connectivity index (χ2v) is 9.54. The number of carbonyl (C=O) groups is 2. The smallest absolute Gasteiger partial charge is 0.344 e. The molecule has 33 heavy (non-hydrogen) atoms. The highest BCUT2D eigenvalue weighted by atomic mass is 32.2. The van der Waals surface area contributed by atoms with Gasteiger partial charge in [0.2, 0.25) is 21.5 Å². The molecule has 0 radical (unpaired) electrons. The molecule has 0 saturated carbocycles. The number of pyridine rings is 1. The van der Waals surface area contributed by atoms with E-state index in [9.17, 15) is 22.8 Å². The van der Waals surface area contributed by atoms with Crippen LogP contribution in [0.25, 0.3) is 10.9 Å². The van der Waals surface area contributed by atoms with E-state index in [2.05, 4.69) is 10.3 Å². The Morgan fingerprint density at radius 3 is 2.52 bits per heavy atom. The van der Waals surface area contributed by atoms with E-state index in [1.165, 1.54) is 22.5 Å². The molecule has 0 bridgehead atoms. The van der Waals surface area contributed by atoms with Gasteiger partial charge in [0.25, 0.3) is 0 Å². The minimum absolute atomic E-state index is 0.0179. The Labute approximate surface area is 190 Å². The molecule has 0 unspecified atom stereocenters. The van der Waals surface area contributed by atoms with Gasteiger partial charge in [0, 0.05) is 42.2 Å². The molecule has 4 rings (SSSR count). The zero-order chi connectivity index (χ0) is 23.8. The first-order chi connectivity index (χ1) is 15.7. The molecule has 1 aliphatic rings. The number of hydrogen-bond acceptors (Lipinski definition) is 6. The van der Waals surface area contributed by atoms with Gasteiger partial charge < -0.3 is 15.0 Å². The fourth-order valence-corrected chi connectivity index (χ4v) is 5.34. The maximum Gasteiger partial charge on any atom is 0.344 e. The summed E-state index contributed by atoms with van der Waals surface area (Å²) in [5.41, 5.74) is 1.27. The average Bonchev–Trinajstić information content (AvgIpc) is 2.78. The van der Waals surface area contributed by atoms with Gasteiger partial charge in [-0.2, -0.15) is 4.31 Å². The van der Waals surface area contributed by atoms with E-state index in [1.807, 2.05) is 0 Å². The van der Waals surface area contributed by atoms with Crippen LogP contribution in [-0.4, -0.2) is 42.7 Å². The van der Waals surface area contributed by atoms with E-state index in [-0.39, 0.29) is 27.5 Å².